The van der Waals surface area contributed by atoms with E-state index in [1.165, 1.54) is 15.6 Å². The molecular weight excluding hydrogens is 432 g/mol. The van der Waals surface area contributed by atoms with Crippen LogP contribution in [0, 0.1) is 0 Å². The summed E-state index contributed by atoms with van der Waals surface area (Å²) in [5.74, 6) is 0. The molecule has 2 heterocycles. The molecule has 1 fully saturated rings. The second-order valence-corrected chi connectivity index (χ2v) is 9.27. The van der Waals surface area contributed by atoms with Gasteiger partial charge in [0, 0.05) is 29.7 Å². The van der Waals surface area contributed by atoms with Gasteiger partial charge in [0.15, 0.2) is 5.13 Å². The van der Waals surface area contributed by atoms with E-state index in [4.69, 9.17) is 16.3 Å². The first-order valence-electron chi connectivity index (χ1n) is 8.94. The Morgan fingerprint density at radius 3 is 2.52 bits per heavy atom. The van der Waals surface area contributed by atoms with E-state index in [9.17, 15) is 8.42 Å². The lowest BCUT2D eigenvalue weighted by molar-refractivity contribution is 0.0733. The average molecular weight is 451 g/mol. The molecule has 0 amide bonds. The molecule has 2 aromatic carbocycles. The highest BCUT2D eigenvalue weighted by atomic mass is 35.5. The molecule has 1 aromatic heterocycles. The van der Waals surface area contributed by atoms with Crippen LogP contribution in [0.5, 0.6) is 0 Å². The Labute approximate surface area is 178 Å². The molecule has 0 unspecified atom stereocenters. The third-order valence-electron chi connectivity index (χ3n) is 4.36. The van der Waals surface area contributed by atoms with Gasteiger partial charge >= 0.3 is 10.2 Å². The predicted molar refractivity (Wildman–Crippen MR) is 117 cm³/mol. The molecule has 0 aliphatic carbocycles. The molecule has 2 N–H and O–H groups in total. The summed E-state index contributed by atoms with van der Waals surface area (Å²) in [5, 5.41) is 6.50. The zero-order valence-electron chi connectivity index (χ0n) is 15.3. The topological polar surface area (TPSA) is 83.6 Å². The molecular formula is C19H19ClN4O3S2. The quantitative estimate of drug-likeness (QED) is 0.588. The number of aromatic nitrogens is 1. The molecule has 29 heavy (non-hydrogen) atoms. The highest BCUT2D eigenvalue weighted by Crippen LogP contribution is 2.30. The number of ether oxygens (including phenoxy) is 1. The van der Waals surface area contributed by atoms with E-state index in [0.29, 0.717) is 37.0 Å². The van der Waals surface area contributed by atoms with Crippen LogP contribution < -0.4 is 10.0 Å². The number of nitrogens with one attached hydrogen (secondary N) is 2. The second-order valence-electron chi connectivity index (χ2n) is 6.34. The first-order valence-corrected chi connectivity index (χ1v) is 11.6. The highest BCUT2D eigenvalue weighted by Gasteiger charge is 2.24. The molecule has 10 heteroatoms. The molecule has 3 aromatic rings. The summed E-state index contributed by atoms with van der Waals surface area (Å²) in [4.78, 5) is 4.58. The van der Waals surface area contributed by atoms with Gasteiger partial charge in [-0.1, -0.05) is 35.9 Å². The predicted octanol–water partition coefficient (Wildman–Crippen LogP) is 4.20. The minimum absolute atomic E-state index is 0.355. The Morgan fingerprint density at radius 2 is 1.79 bits per heavy atom. The normalized spacial score (nSPS) is 15.2. The highest BCUT2D eigenvalue weighted by molar-refractivity contribution is 7.90. The number of nitrogens with zero attached hydrogens (tertiary/aromatic N) is 2. The zero-order chi connectivity index (χ0) is 20.3. The number of hydrogen-bond acceptors (Lipinski definition) is 6. The number of para-hydroxylation sites is 1. The van der Waals surface area contributed by atoms with Crippen LogP contribution in [0.1, 0.15) is 0 Å². The Morgan fingerprint density at radius 1 is 1.07 bits per heavy atom. The van der Waals surface area contributed by atoms with E-state index in [1.54, 1.807) is 12.1 Å². The maximum atomic E-state index is 12.4. The van der Waals surface area contributed by atoms with Gasteiger partial charge in [0.1, 0.15) is 0 Å². The van der Waals surface area contributed by atoms with E-state index >= 15 is 0 Å². The van der Waals surface area contributed by atoms with Gasteiger partial charge in [0.25, 0.3) is 0 Å². The maximum Gasteiger partial charge on any atom is 0.301 e. The van der Waals surface area contributed by atoms with Crippen LogP contribution >= 0.6 is 22.9 Å². The lowest BCUT2D eigenvalue weighted by Gasteiger charge is -2.26. The lowest BCUT2D eigenvalue weighted by atomic mass is 10.1. The summed E-state index contributed by atoms with van der Waals surface area (Å²) in [6, 6.07) is 14.6. The fourth-order valence-electron chi connectivity index (χ4n) is 2.85. The number of thiazole rings is 1. The lowest BCUT2D eigenvalue weighted by Crippen LogP contribution is -2.43. The Kier molecular flexibility index (Phi) is 6.02. The van der Waals surface area contributed by atoms with Gasteiger partial charge in [-0.2, -0.15) is 12.7 Å². The van der Waals surface area contributed by atoms with Crippen LogP contribution in [0.2, 0.25) is 5.02 Å². The summed E-state index contributed by atoms with van der Waals surface area (Å²) in [7, 11) is -3.58. The van der Waals surface area contributed by atoms with Gasteiger partial charge in [-0.25, -0.2) is 4.98 Å². The summed E-state index contributed by atoms with van der Waals surface area (Å²) in [5.41, 5.74) is 2.99. The standard InChI is InChI=1S/C19H19ClN4O3S2/c20-16-3-1-2-4-17(16)21-19-22-18(13-28-19)14-5-7-15(8-6-14)23-29(25,26)24-9-11-27-12-10-24/h1-8,13,23H,9-12H2,(H,21,22). The third-order valence-corrected chi connectivity index (χ3v) is 6.98. The van der Waals surface area contributed by atoms with Gasteiger partial charge in [0.2, 0.25) is 0 Å². The van der Waals surface area contributed by atoms with Crippen molar-refractivity contribution in [2.24, 2.45) is 0 Å². The molecule has 0 saturated carbocycles. The van der Waals surface area contributed by atoms with Gasteiger partial charge in [-0.3, -0.25) is 4.72 Å². The van der Waals surface area contributed by atoms with Crippen LogP contribution in [-0.4, -0.2) is 44.0 Å². The van der Waals surface area contributed by atoms with Crippen molar-refractivity contribution in [1.82, 2.24) is 9.29 Å². The van der Waals surface area contributed by atoms with E-state index in [0.717, 1.165) is 22.1 Å². The van der Waals surface area contributed by atoms with E-state index in [-0.39, 0.29) is 0 Å². The summed E-state index contributed by atoms with van der Waals surface area (Å²) in [6.07, 6.45) is 0. The zero-order valence-corrected chi connectivity index (χ0v) is 17.7. The van der Waals surface area contributed by atoms with Crippen molar-refractivity contribution in [1.29, 1.82) is 0 Å². The largest absolute Gasteiger partial charge is 0.379 e. The van der Waals surface area contributed by atoms with E-state index in [2.05, 4.69) is 15.0 Å². The monoisotopic (exact) mass is 450 g/mol. The fraction of sp³-hybridized carbons (Fsp3) is 0.211. The summed E-state index contributed by atoms with van der Waals surface area (Å²) < 4.78 is 34.1. The number of anilines is 3. The number of halogens is 1. The van der Waals surface area contributed by atoms with Crippen molar-refractivity contribution >= 4 is 49.7 Å². The van der Waals surface area contributed by atoms with Crippen molar-refractivity contribution in [3.05, 3.63) is 58.9 Å². The van der Waals surface area contributed by atoms with Gasteiger partial charge in [0.05, 0.1) is 29.6 Å². The number of rotatable bonds is 6. The van der Waals surface area contributed by atoms with Gasteiger partial charge in [-0.15, -0.1) is 11.3 Å². The van der Waals surface area contributed by atoms with Crippen LogP contribution in [0.4, 0.5) is 16.5 Å². The molecule has 1 aliphatic heterocycles. The van der Waals surface area contributed by atoms with Crippen molar-refractivity contribution < 1.29 is 13.2 Å². The molecule has 7 nitrogen and oxygen atoms in total. The SMILES string of the molecule is O=S(=O)(Nc1ccc(-c2csc(Nc3ccccc3Cl)n2)cc1)N1CCOCC1. The molecule has 0 radical (unpaired) electrons. The first-order chi connectivity index (χ1) is 14.0. The van der Waals surface area contributed by atoms with Crippen LogP contribution in [0.3, 0.4) is 0 Å². The Balaban J connectivity index is 1.44. The minimum atomic E-state index is -3.58. The smallest absolute Gasteiger partial charge is 0.301 e. The van der Waals surface area contributed by atoms with Crippen molar-refractivity contribution in [2.45, 2.75) is 0 Å². The number of hydrogen-bond donors (Lipinski definition) is 2. The Hall–Kier alpha value is -2.17. The second kappa shape index (κ2) is 8.68. The molecule has 0 spiro atoms. The first kappa shape index (κ1) is 20.1. The van der Waals surface area contributed by atoms with E-state index in [1.807, 2.05) is 41.8 Å². The minimum Gasteiger partial charge on any atom is -0.379 e. The molecule has 4 rings (SSSR count). The molecule has 152 valence electrons. The number of morpholine rings is 1. The molecule has 1 saturated heterocycles. The average Bonchev–Trinajstić information content (AvgIpc) is 3.19. The van der Waals surface area contributed by atoms with Crippen LogP contribution in [0.15, 0.2) is 53.9 Å². The number of benzene rings is 2. The Bertz CT molecular complexity index is 1080. The van der Waals surface area contributed by atoms with E-state index < -0.39 is 10.2 Å². The van der Waals surface area contributed by atoms with Crippen molar-refractivity contribution in [3.8, 4) is 11.3 Å². The fourth-order valence-corrected chi connectivity index (χ4v) is 4.96. The maximum absolute atomic E-state index is 12.4. The summed E-state index contributed by atoms with van der Waals surface area (Å²) >= 11 is 7.64. The third kappa shape index (κ3) is 4.88. The van der Waals surface area contributed by atoms with Crippen LogP contribution in [-0.2, 0) is 14.9 Å². The van der Waals surface area contributed by atoms with Crippen molar-refractivity contribution in [3.63, 3.8) is 0 Å². The van der Waals surface area contributed by atoms with Crippen molar-refractivity contribution in [2.75, 3.05) is 36.3 Å². The molecule has 0 atom stereocenters. The van der Waals surface area contributed by atoms with Gasteiger partial charge < -0.3 is 10.1 Å². The van der Waals surface area contributed by atoms with Gasteiger partial charge in [-0.05, 0) is 24.3 Å². The summed E-state index contributed by atoms with van der Waals surface area (Å²) in [6.45, 7) is 1.53. The molecule has 1 aliphatic rings. The van der Waals surface area contributed by atoms with Crippen LogP contribution in [0.25, 0.3) is 11.3 Å². The molecule has 0 bridgehead atoms.